The standard InChI is InChI=1S/C22H26F6N3O2/c23-21(24,25)16-10-15(11-17(12-16)22(26,27)28)18(32)30-13-14-4-8-31(9-5-14)19(33)20(29)6-2-1-3-7-20/h10-12,14,29H,1-9,13H2,(H,30,32). The number of hydrogen-bond acceptors (Lipinski definition) is 2. The number of carbonyl (C=O) groups is 2. The Bertz CT molecular complexity index is 838. The fourth-order valence-corrected chi connectivity index (χ4v) is 4.44. The maximum Gasteiger partial charge on any atom is 0.416 e. The Labute approximate surface area is 187 Å². The average Bonchev–Trinajstić information content (AvgIpc) is 2.76. The molecule has 5 nitrogen and oxygen atoms in total. The molecule has 1 aliphatic heterocycles. The number of piperidine rings is 1. The van der Waals surface area contributed by atoms with Gasteiger partial charge in [-0.1, -0.05) is 19.3 Å². The Morgan fingerprint density at radius 2 is 1.45 bits per heavy atom. The molecule has 1 aromatic carbocycles. The van der Waals surface area contributed by atoms with Crippen molar-refractivity contribution < 1.29 is 35.9 Å². The lowest BCUT2D eigenvalue weighted by molar-refractivity contribution is -0.143. The van der Waals surface area contributed by atoms with Crippen molar-refractivity contribution in [1.29, 1.82) is 0 Å². The van der Waals surface area contributed by atoms with E-state index in [0.717, 1.165) is 19.3 Å². The fraction of sp³-hybridized carbons (Fsp3) is 0.636. The van der Waals surface area contributed by atoms with E-state index in [2.05, 4.69) is 5.32 Å². The van der Waals surface area contributed by atoms with Crippen LogP contribution in [0.25, 0.3) is 0 Å². The molecule has 1 aliphatic carbocycles. The number of carbonyl (C=O) groups excluding carboxylic acids is 2. The third kappa shape index (κ3) is 6.18. The predicted molar refractivity (Wildman–Crippen MR) is 107 cm³/mol. The van der Waals surface area contributed by atoms with Crippen LogP contribution in [0.3, 0.4) is 0 Å². The van der Waals surface area contributed by atoms with Crippen LogP contribution < -0.4 is 11.1 Å². The molecular formula is C22H26F6N3O2. The molecule has 1 heterocycles. The van der Waals surface area contributed by atoms with Gasteiger partial charge in [-0.2, -0.15) is 26.3 Å². The lowest BCUT2D eigenvalue weighted by atomic mass is 9.81. The molecule has 2 N–H and O–H groups in total. The van der Waals surface area contributed by atoms with Gasteiger partial charge in [0.05, 0.1) is 11.1 Å². The number of nitrogens with one attached hydrogen (secondary N) is 2. The zero-order valence-corrected chi connectivity index (χ0v) is 17.9. The number of alkyl halides is 6. The van der Waals surface area contributed by atoms with Crippen molar-refractivity contribution in [3.05, 3.63) is 34.9 Å². The molecule has 0 aromatic heterocycles. The third-order valence-corrected chi connectivity index (χ3v) is 6.42. The normalized spacial score (nSPS) is 19.9. The Hall–Kier alpha value is -2.30. The summed E-state index contributed by atoms with van der Waals surface area (Å²) >= 11 is 0. The van der Waals surface area contributed by atoms with Crippen LogP contribution in [0.15, 0.2) is 18.2 Å². The van der Waals surface area contributed by atoms with Gasteiger partial charge in [0.1, 0.15) is 5.54 Å². The minimum Gasteiger partial charge on any atom is -0.352 e. The van der Waals surface area contributed by atoms with Crippen LogP contribution in [0, 0.1) is 5.92 Å². The summed E-state index contributed by atoms with van der Waals surface area (Å²) < 4.78 is 78.0. The summed E-state index contributed by atoms with van der Waals surface area (Å²) in [5, 5.41) is 2.43. The Morgan fingerprint density at radius 1 is 0.939 bits per heavy atom. The van der Waals surface area contributed by atoms with E-state index in [1.54, 1.807) is 4.90 Å². The topological polar surface area (TPSA) is 73.2 Å². The Balaban J connectivity index is 1.58. The average molecular weight is 478 g/mol. The number of hydrogen-bond donors (Lipinski definition) is 1. The second-order valence-electron chi connectivity index (χ2n) is 8.88. The zero-order valence-electron chi connectivity index (χ0n) is 17.9. The van der Waals surface area contributed by atoms with Crippen LogP contribution >= 0.6 is 0 Å². The zero-order chi connectivity index (χ0) is 24.4. The summed E-state index contributed by atoms with van der Waals surface area (Å²) in [6, 6.07) is 0.794. The molecule has 2 fully saturated rings. The minimum absolute atomic E-state index is 0.0190. The summed E-state index contributed by atoms with van der Waals surface area (Å²) in [5.74, 6) is -1.27. The molecule has 0 bridgehead atoms. The van der Waals surface area contributed by atoms with E-state index in [1.165, 1.54) is 0 Å². The molecule has 0 unspecified atom stereocenters. The van der Waals surface area contributed by atoms with Crippen molar-refractivity contribution in [3.63, 3.8) is 0 Å². The van der Waals surface area contributed by atoms with Crippen LogP contribution in [-0.2, 0) is 17.1 Å². The van der Waals surface area contributed by atoms with Gasteiger partial charge >= 0.3 is 12.4 Å². The third-order valence-electron chi connectivity index (χ3n) is 6.42. The van der Waals surface area contributed by atoms with Gasteiger partial charge in [0.15, 0.2) is 0 Å². The van der Waals surface area contributed by atoms with Gasteiger partial charge in [-0.05, 0) is 49.8 Å². The number of rotatable bonds is 4. The van der Waals surface area contributed by atoms with E-state index in [9.17, 15) is 35.9 Å². The first-order valence-corrected chi connectivity index (χ1v) is 10.9. The van der Waals surface area contributed by atoms with Gasteiger partial charge in [-0.15, -0.1) is 0 Å². The van der Waals surface area contributed by atoms with Gasteiger partial charge in [0.2, 0.25) is 5.91 Å². The lowest BCUT2D eigenvalue weighted by Gasteiger charge is -2.39. The molecular weight excluding hydrogens is 452 g/mol. The van der Waals surface area contributed by atoms with Crippen molar-refractivity contribution in [3.8, 4) is 0 Å². The number of nitrogens with zero attached hydrogens (tertiary/aromatic N) is 1. The quantitative estimate of drug-likeness (QED) is 0.639. The van der Waals surface area contributed by atoms with Gasteiger partial charge in [-0.3, -0.25) is 9.59 Å². The molecule has 0 atom stereocenters. The molecule has 0 spiro atoms. The molecule has 1 saturated heterocycles. The van der Waals surface area contributed by atoms with Crippen molar-refractivity contribution in [2.24, 2.45) is 5.92 Å². The molecule has 1 saturated carbocycles. The summed E-state index contributed by atoms with van der Waals surface area (Å²) in [4.78, 5) is 26.7. The molecule has 3 rings (SSSR count). The maximum absolute atomic E-state index is 13.0. The molecule has 2 aliphatic rings. The molecule has 33 heavy (non-hydrogen) atoms. The van der Waals surface area contributed by atoms with E-state index >= 15 is 0 Å². The highest BCUT2D eigenvalue weighted by atomic mass is 19.4. The minimum atomic E-state index is -5.02. The molecule has 2 amide bonds. The largest absolute Gasteiger partial charge is 0.416 e. The second-order valence-corrected chi connectivity index (χ2v) is 8.88. The van der Waals surface area contributed by atoms with E-state index < -0.39 is 40.5 Å². The van der Waals surface area contributed by atoms with Gasteiger partial charge in [0.25, 0.3) is 5.91 Å². The maximum atomic E-state index is 13.0. The highest BCUT2D eigenvalue weighted by Gasteiger charge is 2.40. The van der Waals surface area contributed by atoms with Crippen LogP contribution in [0.2, 0.25) is 0 Å². The summed E-state index contributed by atoms with van der Waals surface area (Å²) in [6.45, 7) is 0.883. The fourth-order valence-electron chi connectivity index (χ4n) is 4.44. The molecule has 1 radical (unpaired) electrons. The van der Waals surface area contributed by atoms with E-state index in [1.807, 2.05) is 0 Å². The molecule has 11 heteroatoms. The Morgan fingerprint density at radius 3 is 1.94 bits per heavy atom. The SMILES string of the molecule is [NH]C1(C(=O)N2CCC(CNC(=O)c3cc(C(F)(F)F)cc(C(F)(F)F)c3)CC2)CCCCC1. The first kappa shape index (κ1) is 25.3. The van der Waals surface area contributed by atoms with E-state index in [4.69, 9.17) is 5.73 Å². The smallest absolute Gasteiger partial charge is 0.352 e. The van der Waals surface area contributed by atoms with Crippen LogP contribution in [0.4, 0.5) is 26.3 Å². The number of amides is 2. The van der Waals surface area contributed by atoms with Crippen molar-refractivity contribution in [2.75, 3.05) is 19.6 Å². The van der Waals surface area contributed by atoms with Crippen molar-refractivity contribution in [1.82, 2.24) is 16.0 Å². The van der Waals surface area contributed by atoms with Crippen molar-refractivity contribution in [2.45, 2.75) is 62.8 Å². The molecule has 1 aromatic rings. The monoisotopic (exact) mass is 478 g/mol. The molecule has 183 valence electrons. The van der Waals surface area contributed by atoms with Crippen molar-refractivity contribution >= 4 is 11.8 Å². The van der Waals surface area contributed by atoms with E-state index in [-0.39, 0.29) is 24.4 Å². The second kappa shape index (κ2) is 9.52. The first-order valence-electron chi connectivity index (χ1n) is 10.9. The van der Waals surface area contributed by atoms with Gasteiger partial charge in [-0.25, -0.2) is 5.73 Å². The summed E-state index contributed by atoms with van der Waals surface area (Å²) in [6.07, 6.45) is -5.19. The predicted octanol–water partition coefficient (Wildman–Crippen LogP) is 4.68. The van der Waals surface area contributed by atoms with Crippen LogP contribution in [-0.4, -0.2) is 41.9 Å². The lowest BCUT2D eigenvalue weighted by Crippen LogP contribution is -2.53. The summed E-state index contributed by atoms with van der Waals surface area (Å²) in [7, 11) is 0. The first-order chi connectivity index (χ1) is 15.3. The van der Waals surface area contributed by atoms with Crippen LogP contribution in [0.5, 0.6) is 0 Å². The van der Waals surface area contributed by atoms with E-state index in [0.29, 0.717) is 50.9 Å². The summed E-state index contributed by atoms with van der Waals surface area (Å²) in [5.41, 5.74) is 3.58. The highest BCUT2D eigenvalue weighted by molar-refractivity contribution is 5.94. The van der Waals surface area contributed by atoms with Gasteiger partial charge in [0, 0.05) is 25.2 Å². The van der Waals surface area contributed by atoms with Crippen LogP contribution in [0.1, 0.15) is 66.4 Å². The number of halogens is 6. The number of likely N-dealkylation sites (tertiary alicyclic amines) is 1. The highest BCUT2D eigenvalue weighted by Crippen LogP contribution is 2.36. The van der Waals surface area contributed by atoms with Gasteiger partial charge < -0.3 is 10.2 Å². The number of benzene rings is 1. The Kier molecular flexibility index (Phi) is 7.30.